The third-order valence-corrected chi connectivity index (χ3v) is 4.99. The summed E-state index contributed by atoms with van der Waals surface area (Å²) in [7, 11) is 7.21. The first-order valence-corrected chi connectivity index (χ1v) is 8.78. The van der Waals surface area contributed by atoms with Crippen LogP contribution in [0.2, 0.25) is 0 Å². The van der Waals surface area contributed by atoms with E-state index in [0.29, 0.717) is 11.4 Å². The Morgan fingerprint density at radius 2 is 1.71 bits per heavy atom. The molecule has 0 saturated heterocycles. The number of hydrogen-bond acceptors (Lipinski definition) is 6. The molecule has 2 aliphatic carbocycles. The Balaban J connectivity index is 2.08. The molecule has 2 unspecified atom stereocenters. The van der Waals surface area contributed by atoms with Crippen molar-refractivity contribution in [2.45, 2.75) is 12.0 Å². The Bertz CT molecular complexity index is 994. The van der Waals surface area contributed by atoms with Gasteiger partial charge in [0.15, 0.2) is 11.6 Å². The molecule has 1 saturated carbocycles. The van der Waals surface area contributed by atoms with E-state index in [1.807, 2.05) is 0 Å². The number of phenolic OH excluding ortho intramolecular Hbond substituents is 1. The van der Waals surface area contributed by atoms with Crippen LogP contribution in [0.4, 0.5) is 5.69 Å². The molecular formula is C21H23N2O5+. The van der Waals surface area contributed by atoms with Crippen molar-refractivity contribution in [2.24, 2.45) is 0 Å². The number of carbonyl (C=O) groups excluding carboxylic acids is 2. The molecule has 0 bridgehead atoms. The highest BCUT2D eigenvalue weighted by Gasteiger charge is 2.48. The molecule has 3 rings (SSSR count). The number of aliphatic hydroxyl groups is 2. The Morgan fingerprint density at radius 3 is 2.25 bits per heavy atom. The van der Waals surface area contributed by atoms with E-state index in [1.165, 1.54) is 24.3 Å². The van der Waals surface area contributed by atoms with Crippen molar-refractivity contribution in [1.82, 2.24) is 0 Å². The molecule has 146 valence electrons. The van der Waals surface area contributed by atoms with Crippen LogP contribution < -0.4 is 4.90 Å². The molecule has 7 heteroatoms. The van der Waals surface area contributed by atoms with Crippen molar-refractivity contribution in [2.75, 3.05) is 33.1 Å². The van der Waals surface area contributed by atoms with E-state index in [0.717, 1.165) is 0 Å². The first-order valence-electron chi connectivity index (χ1n) is 8.78. The molecule has 1 fully saturated rings. The predicted molar refractivity (Wildman–Crippen MR) is 105 cm³/mol. The number of rotatable bonds is 2. The summed E-state index contributed by atoms with van der Waals surface area (Å²) < 4.78 is 1.77. The minimum Gasteiger partial charge on any atom is -0.508 e. The zero-order chi connectivity index (χ0) is 20.7. The van der Waals surface area contributed by atoms with E-state index in [2.05, 4.69) is 0 Å². The zero-order valence-corrected chi connectivity index (χ0v) is 16.2. The summed E-state index contributed by atoms with van der Waals surface area (Å²) in [6.45, 7) is 0. The number of aromatic hydroxyl groups is 1. The highest BCUT2D eigenvalue weighted by molar-refractivity contribution is 6.31. The van der Waals surface area contributed by atoms with Crippen molar-refractivity contribution in [1.29, 1.82) is 0 Å². The highest BCUT2D eigenvalue weighted by atomic mass is 16.3. The van der Waals surface area contributed by atoms with Crippen LogP contribution in [0.3, 0.4) is 0 Å². The van der Waals surface area contributed by atoms with Crippen LogP contribution in [0.25, 0.3) is 0 Å². The number of benzene rings is 1. The molecule has 0 aromatic heterocycles. The van der Waals surface area contributed by atoms with Gasteiger partial charge in [-0.05, 0) is 12.1 Å². The van der Waals surface area contributed by atoms with Crippen LogP contribution in [0.1, 0.15) is 11.5 Å². The van der Waals surface area contributed by atoms with E-state index >= 15 is 0 Å². The van der Waals surface area contributed by atoms with Gasteiger partial charge in [-0.3, -0.25) is 9.59 Å². The Kier molecular flexibility index (Phi) is 4.95. The quantitative estimate of drug-likeness (QED) is 0.401. The van der Waals surface area contributed by atoms with Crippen molar-refractivity contribution in [3.8, 4) is 5.75 Å². The summed E-state index contributed by atoms with van der Waals surface area (Å²) in [5.74, 6) is -3.00. The molecule has 0 heterocycles. The average molecular weight is 383 g/mol. The number of Topliss-reactive ketones (excluding diaryl/α,β-unsaturated/α-hetero) is 2. The molecule has 0 amide bonds. The van der Waals surface area contributed by atoms with Crippen molar-refractivity contribution >= 4 is 23.0 Å². The first kappa shape index (κ1) is 19.6. The summed E-state index contributed by atoms with van der Waals surface area (Å²) in [5.41, 5.74) is 1.42. The monoisotopic (exact) mass is 383 g/mol. The number of ketones is 2. The number of phenols is 1. The fraction of sp³-hybridized carbons (Fsp3) is 0.286. The molecule has 3 N–H and O–H groups in total. The maximum absolute atomic E-state index is 13.0. The number of allylic oxidation sites excluding steroid dienone is 3. The third-order valence-electron chi connectivity index (χ3n) is 4.99. The summed E-state index contributed by atoms with van der Waals surface area (Å²) >= 11 is 0. The lowest BCUT2D eigenvalue weighted by atomic mass is 9.92. The predicted octanol–water partition coefficient (Wildman–Crippen LogP) is 1.08. The second-order valence-electron chi connectivity index (χ2n) is 7.26. The molecule has 28 heavy (non-hydrogen) atoms. The smallest absolute Gasteiger partial charge is 0.203 e. The van der Waals surface area contributed by atoms with Gasteiger partial charge in [-0.1, -0.05) is 6.07 Å². The Morgan fingerprint density at radius 1 is 1.04 bits per heavy atom. The van der Waals surface area contributed by atoms with Crippen LogP contribution in [-0.2, 0) is 9.59 Å². The van der Waals surface area contributed by atoms with Crippen molar-refractivity contribution in [3.63, 3.8) is 0 Å². The summed E-state index contributed by atoms with van der Waals surface area (Å²) in [4.78, 5) is 27.4. The second-order valence-corrected chi connectivity index (χ2v) is 7.26. The lowest BCUT2D eigenvalue weighted by molar-refractivity contribution is -0.462. The lowest BCUT2D eigenvalue weighted by Crippen LogP contribution is -2.21. The number of anilines is 1. The molecular weight excluding hydrogens is 360 g/mol. The van der Waals surface area contributed by atoms with Gasteiger partial charge in [0, 0.05) is 43.1 Å². The van der Waals surface area contributed by atoms with Gasteiger partial charge in [0.05, 0.1) is 17.6 Å². The van der Waals surface area contributed by atoms with Crippen LogP contribution in [-0.4, -0.2) is 71.5 Å². The van der Waals surface area contributed by atoms with Crippen LogP contribution >= 0.6 is 0 Å². The van der Waals surface area contributed by atoms with Crippen LogP contribution in [0, 0.1) is 0 Å². The standard InChI is InChI=1S/C21H22N2O5/c1-22(2)11-5-7-13(15(24)9-11)17-19(26)18(21(28)20(17)27)14-8-6-12(23(3)4)10-16(14)25/h5-10,17,20,24,27H,1-4H3/p+1. The number of aliphatic hydroxyl groups excluding tert-OH is 2. The number of carbonyl (C=O) groups is 2. The van der Waals surface area contributed by atoms with E-state index in [9.17, 15) is 24.9 Å². The van der Waals surface area contributed by atoms with Crippen molar-refractivity contribution < 1.29 is 29.5 Å². The minimum absolute atomic E-state index is 0.0755. The molecule has 2 aliphatic rings. The van der Waals surface area contributed by atoms with Gasteiger partial charge < -0.3 is 20.2 Å². The maximum Gasteiger partial charge on any atom is 0.203 e. The van der Waals surface area contributed by atoms with Gasteiger partial charge in [0.2, 0.25) is 5.71 Å². The Hall–Kier alpha value is -3.19. The third kappa shape index (κ3) is 3.14. The van der Waals surface area contributed by atoms with E-state index in [4.69, 9.17) is 0 Å². The second kappa shape index (κ2) is 7.09. The minimum atomic E-state index is -1.62. The normalized spacial score (nSPS) is 24.6. The van der Waals surface area contributed by atoms with Gasteiger partial charge in [-0.15, -0.1) is 0 Å². The average Bonchev–Trinajstić information content (AvgIpc) is 2.84. The van der Waals surface area contributed by atoms with Crippen molar-refractivity contribution in [3.05, 3.63) is 58.9 Å². The number of hydrogen-bond donors (Lipinski definition) is 3. The molecule has 0 spiro atoms. The van der Waals surface area contributed by atoms with Crippen LogP contribution in [0.5, 0.6) is 5.75 Å². The maximum atomic E-state index is 13.0. The van der Waals surface area contributed by atoms with Gasteiger partial charge in [-0.25, -0.2) is 4.58 Å². The number of nitrogens with zero attached hydrogens (tertiary/aromatic N) is 2. The molecule has 7 nitrogen and oxygen atoms in total. The summed E-state index contributed by atoms with van der Waals surface area (Å²) in [6.07, 6.45) is 2.99. The van der Waals surface area contributed by atoms with E-state index < -0.39 is 23.6 Å². The fourth-order valence-electron chi connectivity index (χ4n) is 3.38. The first-order chi connectivity index (χ1) is 13.1. The molecule has 0 radical (unpaired) electrons. The largest absolute Gasteiger partial charge is 0.508 e. The summed E-state index contributed by atoms with van der Waals surface area (Å²) in [6, 6.07) is 4.70. The topological polar surface area (TPSA) is 101 Å². The molecule has 1 aromatic carbocycles. The van der Waals surface area contributed by atoms with E-state index in [1.54, 1.807) is 49.8 Å². The van der Waals surface area contributed by atoms with Crippen LogP contribution in [0.15, 0.2) is 53.3 Å². The van der Waals surface area contributed by atoms with Gasteiger partial charge >= 0.3 is 0 Å². The molecule has 2 atom stereocenters. The zero-order valence-electron chi connectivity index (χ0n) is 16.2. The molecule has 0 aliphatic heterocycles. The fourth-order valence-corrected chi connectivity index (χ4v) is 3.38. The molecule has 1 aromatic rings. The van der Waals surface area contributed by atoms with Gasteiger partial charge in [-0.2, -0.15) is 0 Å². The van der Waals surface area contributed by atoms with Gasteiger partial charge in [0.1, 0.15) is 31.7 Å². The SMILES string of the molecule is CN(C)c1ccc(C2C(=O)C(=C3C=CC(=[N+](C)C)C=C3O)C(=O)C2O)c(O)c1. The lowest BCUT2D eigenvalue weighted by Gasteiger charge is -2.17. The van der Waals surface area contributed by atoms with Gasteiger partial charge in [0.25, 0.3) is 0 Å². The summed E-state index contributed by atoms with van der Waals surface area (Å²) in [5, 5.41) is 31.2. The van der Waals surface area contributed by atoms with E-state index in [-0.39, 0.29) is 28.2 Å². The highest BCUT2D eigenvalue weighted by Crippen LogP contribution is 2.40. The Labute approximate surface area is 162 Å².